The molecule has 2 aromatic rings. The highest BCUT2D eigenvalue weighted by Gasteiger charge is 2.41. The summed E-state index contributed by atoms with van der Waals surface area (Å²) in [5.74, 6) is -0.119. The van der Waals surface area contributed by atoms with E-state index in [0.717, 1.165) is 43.4 Å². The average molecular weight is 483 g/mol. The highest BCUT2D eigenvalue weighted by molar-refractivity contribution is 5.95. The zero-order valence-electron chi connectivity index (χ0n) is 21.4. The van der Waals surface area contributed by atoms with Crippen LogP contribution in [0.5, 0.6) is 0 Å². The number of carbonyl (C=O) groups is 2. The van der Waals surface area contributed by atoms with E-state index >= 15 is 0 Å². The number of ether oxygens (including phenoxy) is 2. The summed E-state index contributed by atoms with van der Waals surface area (Å²) in [4.78, 5) is 27.2. The summed E-state index contributed by atoms with van der Waals surface area (Å²) in [6.07, 6.45) is 6.55. The van der Waals surface area contributed by atoms with Gasteiger partial charge in [0.1, 0.15) is 5.60 Å². The molecule has 2 saturated heterocycles. The van der Waals surface area contributed by atoms with Gasteiger partial charge in [0.25, 0.3) is 5.91 Å². The van der Waals surface area contributed by atoms with Gasteiger partial charge in [-0.15, -0.1) is 0 Å². The summed E-state index contributed by atoms with van der Waals surface area (Å²) in [5.41, 5.74) is 1.92. The highest BCUT2D eigenvalue weighted by atomic mass is 16.6. The Bertz CT molecular complexity index is 1020. The van der Waals surface area contributed by atoms with Crippen LogP contribution in [0.25, 0.3) is 0 Å². The van der Waals surface area contributed by atoms with Crippen molar-refractivity contribution in [3.63, 3.8) is 0 Å². The minimum Gasteiger partial charge on any atom is -0.444 e. The number of rotatable bonds is 5. The summed E-state index contributed by atoms with van der Waals surface area (Å²) in [6.45, 7) is 7.38. The fraction of sp³-hybridized carbons (Fsp3) is 0.593. The van der Waals surface area contributed by atoms with Gasteiger partial charge in [0.15, 0.2) is 0 Å². The molecule has 0 aliphatic carbocycles. The third-order valence-electron chi connectivity index (χ3n) is 6.91. The number of hydrogen-bond donors (Lipinski definition) is 1. The van der Waals surface area contributed by atoms with E-state index in [1.165, 1.54) is 0 Å². The van der Waals surface area contributed by atoms with Gasteiger partial charge >= 0.3 is 6.09 Å². The number of amides is 2. The Morgan fingerprint density at radius 3 is 2.57 bits per heavy atom. The van der Waals surface area contributed by atoms with Crippen molar-refractivity contribution in [1.82, 2.24) is 20.0 Å². The predicted molar refractivity (Wildman–Crippen MR) is 133 cm³/mol. The Labute approximate surface area is 208 Å². The van der Waals surface area contributed by atoms with Crippen LogP contribution in [0.4, 0.5) is 4.79 Å². The summed E-state index contributed by atoms with van der Waals surface area (Å²) < 4.78 is 13.8. The molecule has 0 radical (unpaired) electrons. The fourth-order valence-corrected chi connectivity index (χ4v) is 5.01. The van der Waals surface area contributed by atoms with Gasteiger partial charge in [0.2, 0.25) is 0 Å². The molecule has 3 heterocycles. The summed E-state index contributed by atoms with van der Waals surface area (Å²) in [6, 6.07) is 10.1. The molecule has 1 aromatic heterocycles. The molecule has 2 aliphatic rings. The molecular formula is C27H38N4O4. The molecule has 2 fully saturated rings. The molecule has 35 heavy (non-hydrogen) atoms. The van der Waals surface area contributed by atoms with Crippen molar-refractivity contribution in [3.05, 3.63) is 53.3 Å². The van der Waals surface area contributed by atoms with E-state index in [9.17, 15) is 9.59 Å². The molecule has 1 atom stereocenters. The minimum absolute atomic E-state index is 0.0324. The molecule has 1 unspecified atom stereocenters. The van der Waals surface area contributed by atoms with Gasteiger partial charge in [-0.3, -0.25) is 9.48 Å². The van der Waals surface area contributed by atoms with Crippen LogP contribution in [0, 0.1) is 0 Å². The van der Waals surface area contributed by atoms with Crippen LogP contribution in [0.15, 0.2) is 36.5 Å². The van der Waals surface area contributed by atoms with Crippen molar-refractivity contribution >= 4 is 12.0 Å². The maximum absolute atomic E-state index is 13.0. The average Bonchev–Trinajstić information content (AvgIpc) is 3.18. The largest absolute Gasteiger partial charge is 0.444 e. The van der Waals surface area contributed by atoms with Gasteiger partial charge in [0.05, 0.1) is 29.2 Å². The van der Waals surface area contributed by atoms with Crippen LogP contribution in [0.1, 0.15) is 74.5 Å². The van der Waals surface area contributed by atoms with Crippen molar-refractivity contribution in [2.45, 2.75) is 76.6 Å². The van der Waals surface area contributed by atoms with Crippen LogP contribution >= 0.6 is 0 Å². The maximum atomic E-state index is 13.0. The first-order chi connectivity index (χ1) is 16.6. The standard InChI is InChI=1S/C27H38N4O4/c1-26(2,3)35-25(33)31-15-13-27(14-16-31)12-8-11-21(34-27)18-28-24(32)22-19-29-30(4)23(22)17-20-9-6-5-7-10-20/h5-7,9-10,19,21H,8,11-18H2,1-4H3,(H,28,32). The third kappa shape index (κ3) is 6.42. The van der Waals surface area contributed by atoms with Gasteiger partial charge in [-0.05, 0) is 58.4 Å². The quantitative estimate of drug-likeness (QED) is 0.694. The monoisotopic (exact) mass is 482 g/mol. The van der Waals surface area contributed by atoms with Gasteiger partial charge < -0.3 is 19.7 Å². The van der Waals surface area contributed by atoms with E-state index < -0.39 is 5.60 Å². The lowest BCUT2D eigenvalue weighted by Gasteiger charge is -2.46. The number of likely N-dealkylation sites (tertiary alicyclic amines) is 1. The zero-order valence-corrected chi connectivity index (χ0v) is 21.4. The maximum Gasteiger partial charge on any atom is 0.410 e. The Morgan fingerprint density at radius 2 is 1.89 bits per heavy atom. The second kappa shape index (κ2) is 10.4. The van der Waals surface area contributed by atoms with Gasteiger partial charge in [-0.1, -0.05) is 30.3 Å². The minimum atomic E-state index is -0.494. The van der Waals surface area contributed by atoms with E-state index in [0.29, 0.717) is 31.6 Å². The molecule has 8 nitrogen and oxygen atoms in total. The molecule has 1 spiro atoms. The third-order valence-corrected chi connectivity index (χ3v) is 6.91. The number of hydrogen-bond acceptors (Lipinski definition) is 5. The topological polar surface area (TPSA) is 85.7 Å². The molecule has 1 N–H and O–H groups in total. The molecule has 1 aromatic carbocycles. The molecule has 4 rings (SSSR count). The number of piperidine rings is 1. The predicted octanol–water partition coefficient (Wildman–Crippen LogP) is 4.08. The van der Waals surface area contributed by atoms with Gasteiger partial charge in [-0.25, -0.2) is 4.79 Å². The van der Waals surface area contributed by atoms with E-state index in [4.69, 9.17) is 9.47 Å². The van der Waals surface area contributed by atoms with Crippen LogP contribution < -0.4 is 5.32 Å². The molecular weight excluding hydrogens is 444 g/mol. The number of nitrogens with zero attached hydrogens (tertiary/aromatic N) is 3. The van der Waals surface area contributed by atoms with E-state index in [1.54, 1.807) is 15.8 Å². The van der Waals surface area contributed by atoms with Crippen LogP contribution in [0.3, 0.4) is 0 Å². The number of carbonyl (C=O) groups excluding carboxylic acids is 2. The number of aromatic nitrogens is 2. The zero-order chi connectivity index (χ0) is 25.1. The van der Waals surface area contributed by atoms with Crippen LogP contribution in [-0.4, -0.2) is 63.6 Å². The normalized spacial score (nSPS) is 20.0. The Hall–Kier alpha value is -2.87. The lowest BCUT2D eigenvalue weighted by molar-refractivity contribution is -0.149. The van der Waals surface area contributed by atoms with Crippen molar-refractivity contribution < 1.29 is 19.1 Å². The molecule has 0 bridgehead atoms. The lowest BCUT2D eigenvalue weighted by atomic mass is 9.83. The Balaban J connectivity index is 1.30. The van der Waals surface area contributed by atoms with E-state index in [-0.39, 0.29) is 23.7 Å². The summed E-state index contributed by atoms with van der Waals surface area (Å²) in [5, 5.41) is 7.40. The second-order valence-electron chi connectivity index (χ2n) is 10.8. The van der Waals surface area contributed by atoms with E-state index in [2.05, 4.69) is 22.5 Å². The summed E-state index contributed by atoms with van der Waals surface area (Å²) in [7, 11) is 1.87. The van der Waals surface area contributed by atoms with Gasteiger partial charge in [0, 0.05) is 33.1 Å². The highest BCUT2D eigenvalue weighted by Crippen LogP contribution is 2.37. The summed E-state index contributed by atoms with van der Waals surface area (Å²) >= 11 is 0. The number of benzene rings is 1. The molecule has 8 heteroatoms. The van der Waals surface area contributed by atoms with Gasteiger partial charge in [-0.2, -0.15) is 5.10 Å². The SMILES string of the molecule is Cn1ncc(C(=O)NCC2CCCC3(CCN(C(=O)OC(C)(C)C)CC3)O2)c1Cc1ccccc1. The first-order valence-electron chi connectivity index (χ1n) is 12.6. The van der Waals surface area contributed by atoms with Crippen molar-refractivity contribution in [1.29, 1.82) is 0 Å². The Kier molecular flexibility index (Phi) is 7.50. The number of nitrogens with one attached hydrogen (secondary N) is 1. The number of aryl methyl sites for hydroxylation is 1. The van der Waals surface area contributed by atoms with Crippen LogP contribution in [-0.2, 0) is 22.9 Å². The van der Waals surface area contributed by atoms with Crippen molar-refractivity contribution in [3.8, 4) is 0 Å². The first kappa shape index (κ1) is 25.2. The first-order valence-corrected chi connectivity index (χ1v) is 12.6. The second-order valence-corrected chi connectivity index (χ2v) is 10.8. The smallest absolute Gasteiger partial charge is 0.410 e. The Morgan fingerprint density at radius 1 is 1.17 bits per heavy atom. The fourth-order valence-electron chi connectivity index (χ4n) is 5.01. The lowest BCUT2D eigenvalue weighted by Crippen LogP contribution is -2.53. The molecule has 2 amide bonds. The van der Waals surface area contributed by atoms with E-state index in [1.807, 2.05) is 46.0 Å². The molecule has 190 valence electrons. The molecule has 0 saturated carbocycles. The van der Waals surface area contributed by atoms with Crippen LogP contribution in [0.2, 0.25) is 0 Å². The molecule has 2 aliphatic heterocycles. The van der Waals surface area contributed by atoms with Crippen molar-refractivity contribution in [2.24, 2.45) is 7.05 Å². The van der Waals surface area contributed by atoms with Crippen molar-refractivity contribution in [2.75, 3.05) is 19.6 Å².